The fourth-order valence-electron chi connectivity index (χ4n) is 1.99. The zero-order chi connectivity index (χ0) is 16.0. The predicted molar refractivity (Wildman–Crippen MR) is 91.1 cm³/mol. The van der Waals surface area contributed by atoms with Crippen LogP contribution in [0.2, 0.25) is 0 Å². The minimum Gasteiger partial charge on any atom is -0.385 e. The summed E-state index contributed by atoms with van der Waals surface area (Å²) in [5.41, 5.74) is 2.40. The zero-order valence-corrected chi connectivity index (χ0v) is 14.0. The van der Waals surface area contributed by atoms with Crippen molar-refractivity contribution in [3.8, 4) is 0 Å². The molecular formula is C17H29N3O2. The van der Waals surface area contributed by atoms with Gasteiger partial charge in [-0.05, 0) is 31.4 Å². The predicted octanol–water partition coefficient (Wildman–Crippen LogP) is 2.31. The van der Waals surface area contributed by atoms with Crippen molar-refractivity contribution < 1.29 is 9.47 Å². The van der Waals surface area contributed by atoms with Crippen molar-refractivity contribution in [1.29, 1.82) is 0 Å². The number of aliphatic imine (C=N–C) groups is 1. The van der Waals surface area contributed by atoms with E-state index < -0.39 is 0 Å². The van der Waals surface area contributed by atoms with Crippen LogP contribution >= 0.6 is 0 Å². The maximum absolute atomic E-state index is 5.51. The first-order chi connectivity index (χ1) is 10.8. The van der Waals surface area contributed by atoms with Crippen LogP contribution in [0.25, 0.3) is 0 Å². The van der Waals surface area contributed by atoms with Crippen LogP contribution in [0.5, 0.6) is 0 Å². The first kappa shape index (κ1) is 18.5. The summed E-state index contributed by atoms with van der Waals surface area (Å²) < 4.78 is 10.6. The summed E-state index contributed by atoms with van der Waals surface area (Å²) in [6.07, 6.45) is 0.960. The molecule has 0 aliphatic carbocycles. The lowest BCUT2D eigenvalue weighted by molar-refractivity contribution is 0.133. The molecule has 0 spiro atoms. The van der Waals surface area contributed by atoms with Gasteiger partial charge in [0.15, 0.2) is 5.96 Å². The molecule has 0 amide bonds. The molecule has 22 heavy (non-hydrogen) atoms. The topological polar surface area (TPSA) is 54.9 Å². The van der Waals surface area contributed by atoms with Crippen molar-refractivity contribution in [3.05, 3.63) is 35.4 Å². The van der Waals surface area contributed by atoms with Gasteiger partial charge in [0.2, 0.25) is 0 Å². The first-order valence-corrected chi connectivity index (χ1v) is 7.97. The summed E-state index contributed by atoms with van der Waals surface area (Å²) >= 11 is 0. The largest absolute Gasteiger partial charge is 0.385 e. The second-order valence-electron chi connectivity index (χ2n) is 4.87. The van der Waals surface area contributed by atoms with Gasteiger partial charge in [-0.2, -0.15) is 0 Å². The number of benzene rings is 1. The Labute approximate surface area is 134 Å². The minimum absolute atomic E-state index is 0.639. The van der Waals surface area contributed by atoms with Gasteiger partial charge in [0.1, 0.15) is 0 Å². The van der Waals surface area contributed by atoms with Gasteiger partial charge < -0.3 is 20.1 Å². The number of nitrogens with one attached hydrogen (secondary N) is 2. The van der Waals surface area contributed by atoms with E-state index in [9.17, 15) is 0 Å². The van der Waals surface area contributed by atoms with E-state index in [1.165, 1.54) is 11.1 Å². The molecule has 1 rings (SSSR count). The van der Waals surface area contributed by atoms with Crippen molar-refractivity contribution in [2.45, 2.75) is 33.4 Å². The number of nitrogens with zero attached hydrogens (tertiary/aromatic N) is 1. The molecule has 0 saturated carbocycles. The van der Waals surface area contributed by atoms with E-state index >= 15 is 0 Å². The van der Waals surface area contributed by atoms with Gasteiger partial charge in [-0.25, -0.2) is 4.99 Å². The van der Waals surface area contributed by atoms with Gasteiger partial charge in [0.05, 0.1) is 13.2 Å². The van der Waals surface area contributed by atoms with Gasteiger partial charge in [-0.1, -0.05) is 24.3 Å². The molecule has 0 aromatic heterocycles. The van der Waals surface area contributed by atoms with Crippen LogP contribution < -0.4 is 10.6 Å². The highest BCUT2D eigenvalue weighted by Crippen LogP contribution is 2.11. The highest BCUT2D eigenvalue weighted by molar-refractivity contribution is 5.79. The normalized spacial score (nSPS) is 11.5. The summed E-state index contributed by atoms with van der Waals surface area (Å²) in [5, 5.41) is 6.58. The Morgan fingerprint density at radius 1 is 1.14 bits per heavy atom. The van der Waals surface area contributed by atoms with E-state index in [-0.39, 0.29) is 0 Å². The van der Waals surface area contributed by atoms with Gasteiger partial charge >= 0.3 is 0 Å². The lowest BCUT2D eigenvalue weighted by atomic mass is 10.1. The Morgan fingerprint density at radius 3 is 2.59 bits per heavy atom. The molecule has 0 fully saturated rings. The van der Waals surface area contributed by atoms with Crippen LogP contribution in [0.4, 0.5) is 0 Å². The van der Waals surface area contributed by atoms with Crippen molar-refractivity contribution in [1.82, 2.24) is 10.6 Å². The Kier molecular flexibility index (Phi) is 10.1. The number of rotatable bonds is 10. The molecule has 0 radical (unpaired) electrons. The summed E-state index contributed by atoms with van der Waals surface area (Å²) in [6.45, 7) is 8.52. The molecule has 0 aliphatic heterocycles. The minimum atomic E-state index is 0.639. The van der Waals surface area contributed by atoms with Crippen LogP contribution in [-0.2, 0) is 22.6 Å². The number of hydrogen-bond donors (Lipinski definition) is 2. The fraction of sp³-hybridized carbons (Fsp3) is 0.588. The van der Waals surface area contributed by atoms with Crippen molar-refractivity contribution >= 4 is 5.96 Å². The summed E-state index contributed by atoms with van der Waals surface area (Å²) in [4.78, 5) is 4.65. The van der Waals surface area contributed by atoms with E-state index in [0.29, 0.717) is 13.2 Å². The van der Waals surface area contributed by atoms with Gasteiger partial charge in [-0.3, -0.25) is 0 Å². The average Bonchev–Trinajstić information content (AvgIpc) is 2.55. The number of ether oxygens (including phenoxy) is 2. The number of guanidine groups is 1. The van der Waals surface area contributed by atoms with E-state index in [1.807, 2.05) is 19.1 Å². The Balaban J connectivity index is 2.60. The molecule has 0 bridgehead atoms. The molecule has 1 aromatic rings. The van der Waals surface area contributed by atoms with Gasteiger partial charge in [0, 0.05) is 33.4 Å². The maximum atomic E-state index is 5.51. The van der Waals surface area contributed by atoms with Crippen molar-refractivity contribution in [3.63, 3.8) is 0 Å². The average molecular weight is 307 g/mol. The van der Waals surface area contributed by atoms with Crippen LogP contribution in [0.3, 0.4) is 0 Å². The van der Waals surface area contributed by atoms with Gasteiger partial charge in [0.25, 0.3) is 0 Å². The highest BCUT2D eigenvalue weighted by Gasteiger charge is 2.02. The smallest absolute Gasteiger partial charge is 0.191 e. The Bertz CT molecular complexity index is 436. The monoisotopic (exact) mass is 307 g/mol. The molecule has 0 saturated heterocycles. The molecule has 5 heteroatoms. The molecule has 5 nitrogen and oxygen atoms in total. The third kappa shape index (κ3) is 7.43. The second-order valence-corrected chi connectivity index (χ2v) is 4.87. The molecule has 1 aromatic carbocycles. The molecule has 0 heterocycles. The zero-order valence-electron chi connectivity index (χ0n) is 14.0. The summed E-state index contributed by atoms with van der Waals surface area (Å²) in [6, 6.07) is 8.28. The molecule has 0 atom stereocenters. The van der Waals surface area contributed by atoms with Crippen molar-refractivity contribution in [2.24, 2.45) is 4.99 Å². The third-order valence-corrected chi connectivity index (χ3v) is 3.15. The Hall–Kier alpha value is -1.59. The molecule has 0 unspecified atom stereocenters. The van der Waals surface area contributed by atoms with Crippen LogP contribution in [0, 0.1) is 0 Å². The number of hydrogen-bond acceptors (Lipinski definition) is 3. The summed E-state index contributed by atoms with van der Waals surface area (Å²) in [5.74, 6) is 0.838. The van der Waals surface area contributed by atoms with Gasteiger partial charge in [-0.15, -0.1) is 0 Å². The maximum Gasteiger partial charge on any atom is 0.191 e. The third-order valence-electron chi connectivity index (χ3n) is 3.15. The quantitative estimate of drug-likeness (QED) is 0.396. The van der Waals surface area contributed by atoms with Crippen LogP contribution in [-0.4, -0.2) is 39.4 Å². The standard InChI is InChI=1S/C17H29N3O2/c1-4-18-17(19-11-8-12-21-3)20-13-15-9-6-7-10-16(15)14-22-5-2/h6-7,9-10H,4-5,8,11-14H2,1-3H3,(H2,18,19,20). The van der Waals surface area contributed by atoms with Crippen LogP contribution in [0.15, 0.2) is 29.3 Å². The molecular weight excluding hydrogens is 278 g/mol. The SMILES string of the molecule is CCNC(=NCc1ccccc1COCC)NCCCOC. The fourth-order valence-corrected chi connectivity index (χ4v) is 1.99. The molecule has 2 N–H and O–H groups in total. The summed E-state index contributed by atoms with van der Waals surface area (Å²) in [7, 11) is 1.72. The van der Waals surface area contributed by atoms with E-state index in [4.69, 9.17) is 9.47 Å². The van der Waals surface area contributed by atoms with E-state index in [0.717, 1.165) is 38.7 Å². The first-order valence-electron chi connectivity index (χ1n) is 7.97. The molecule has 124 valence electrons. The number of methoxy groups -OCH3 is 1. The van der Waals surface area contributed by atoms with E-state index in [2.05, 4.69) is 34.7 Å². The lowest BCUT2D eigenvalue weighted by Gasteiger charge is -2.12. The van der Waals surface area contributed by atoms with E-state index in [1.54, 1.807) is 7.11 Å². The van der Waals surface area contributed by atoms with Crippen LogP contribution in [0.1, 0.15) is 31.4 Å². The second kappa shape index (κ2) is 12.0. The highest BCUT2D eigenvalue weighted by atomic mass is 16.5. The molecule has 0 aliphatic rings. The van der Waals surface area contributed by atoms with Crippen molar-refractivity contribution in [2.75, 3.05) is 33.4 Å². The Morgan fingerprint density at radius 2 is 1.91 bits per heavy atom. The lowest BCUT2D eigenvalue weighted by Crippen LogP contribution is -2.38.